The zero-order valence-corrected chi connectivity index (χ0v) is 14.4. The average Bonchev–Trinajstić information content (AvgIpc) is 3.17. The van der Waals surface area contributed by atoms with Crippen LogP contribution in [-0.2, 0) is 16.2 Å². The number of anilines is 1. The van der Waals surface area contributed by atoms with Crippen LogP contribution >= 0.6 is 0 Å². The molecule has 2 aromatic heterocycles. The highest BCUT2D eigenvalue weighted by molar-refractivity contribution is 6.09. The maximum absolute atomic E-state index is 11.6. The predicted molar refractivity (Wildman–Crippen MR) is 96.0 cm³/mol. The second-order valence-corrected chi connectivity index (χ2v) is 6.33. The van der Waals surface area contributed by atoms with Crippen molar-refractivity contribution in [2.24, 2.45) is 0 Å². The van der Waals surface area contributed by atoms with E-state index in [0.717, 1.165) is 5.39 Å². The molecule has 0 radical (unpaired) electrons. The number of aromatic hydroxyl groups is 1. The topological polar surface area (TPSA) is 129 Å². The van der Waals surface area contributed by atoms with E-state index in [4.69, 9.17) is 4.42 Å². The Morgan fingerprint density at radius 1 is 1.19 bits per heavy atom. The molecule has 1 fully saturated rings. The van der Waals surface area contributed by atoms with Crippen molar-refractivity contribution in [3.8, 4) is 5.75 Å². The Morgan fingerprint density at radius 2 is 1.96 bits per heavy atom. The van der Waals surface area contributed by atoms with Crippen LogP contribution in [0.1, 0.15) is 25.1 Å². The van der Waals surface area contributed by atoms with Gasteiger partial charge in [0.25, 0.3) is 0 Å². The van der Waals surface area contributed by atoms with Crippen LogP contribution in [0.25, 0.3) is 22.1 Å². The largest absolute Gasteiger partial charge is 0.508 e. The van der Waals surface area contributed by atoms with Crippen LogP contribution in [0.2, 0.25) is 0 Å². The van der Waals surface area contributed by atoms with E-state index in [1.165, 1.54) is 11.0 Å². The highest BCUT2D eigenvalue weighted by atomic mass is 16.3. The molecule has 1 aliphatic heterocycles. The third-order valence-electron chi connectivity index (χ3n) is 4.51. The number of likely N-dealkylation sites (tertiary alicyclic amines) is 1. The third kappa shape index (κ3) is 3.17. The molecule has 9 nitrogen and oxygen atoms in total. The number of aliphatic hydroxyl groups is 1. The SMILES string of the molecule is O=C1CCC(=O)N1CCCNc1nc(CO)nc2oc3cc(O)ccc3c12. The molecular weight excluding hydrogens is 352 g/mol. The number of nitrogens with zero attached hydrogens (tertiary/aromatic N) is 3. The van der Waals surface area contributed by atoms with Gasteiger partial charge in [-0.25, -0.2) is 4.98 Å². The standard InChI is InChI=1S/C18H18N4O5/c23-9-13-20-17(19-6-1-7-22-14(25)4-5-15(22)26)16-11-3-2-10(24)8-12(11)27-18(16)21-13/h2-3,8,23-24H,1,4-7,9H2,(H,19,20,21). The van der Waals surface area contributed by atoms with Crippen molar-refractivity contribution < 1.29 is 24.2 Å². The zero-order chi connectivity index (χ0) is 19.0. The zero-order valence-electron chi connectivity index (χ0n) is 14.4. The van der Waals surface area contributed by atoms with Crippen LogP contribution in [0.5, 0.6) is 5.75 Å². The number of aliphatic hydroxyl groups excluding tert-OH is 1. The van der Waals surface area contributed by atoms with E-state index in [1.54, 1.807) is 12.1 Å². The van der Waals surface area contributed by atoms with Gasteiger partial charge in [0.1, 0.15) is 23.8 Å². The molecule has 3 aromatic rings. The van der Waals surface area contributed by atoms with Crippen molar-refractivity contribution in [3.63, 3.8) is 0 Å². The molecule has 0 unspecified atom stereocenters. The second kappa shape index (κ2) is 6.84. The molecule has 3 N–H and O–H groups in total. The molecule has 140 valence electrons. The summed E-state index contributed by atoms with van der Waals surface area (Å²) in [5.74, 6) is 0.511. The quantitative estimate of drug-likeness (QED) is 0.440. The fourth-order valence-corrected chi connectivity index (χ4v) is 3.22. The van der Waals surface area contributed by atoms with Crippen LogP contribution in [0, 0.1) is 0 Å². The van der Waals surface area contributed by atoms with E-state index in [-0.39, 0.29) is 42.8 Å². The van der Waals surface area contributed by atoms with Crippen molar-refractivity contribution in [1.29, 1.82) is 0 Å². The number of rotatable bonds is 6. The van der Waals surface area contributed by atoms with Gasteiger partial charge in [-0.05, 0) is 18.6 Å². The Labute approximate surface area is 153 Å². The number of carbonyl (C=O) groups excluding carboxylic acids is 2. The Bertz CT molecular complexity index is 1030. The molecule has 0 saturated carbocycles. The van der Waals surface area contributed by atoms with Gasteiger partial charge in [0.15, 0.2) is 5.82 Å². The van der Waals surface area contributed by atoms with E-state index in [1.807, 2.05) is 0 Å². The number of hydrogen-bond donors (Lipinski definition) is 3. The van der Waals surface area contributed by atoms with Gasteiger partial charge in [-0.3, -0.25) is 14.5 Å². The van der Waals surface area contributed by atoms with Gasteiger partial charge in [0.05, 0.1) is 5.39 Å². The Hall–Kier alpha value is -3.20. The summed E-state index contributed by atoms with van der Waals surface area (Å²) in [6.07, 6.45) is 1.13. The maximum atomic E-state index is 11.6. The number of phenolic OH excluding ortho intramolecular Hbond substituents is 1. The van der Waals surface area contributed by atoms with Gasteiger partial charge in [0, 0.05) is 37.4 Å². The van der Waals surface area contributed by atoms with E-state index in [9.17, 15) is 19.8 Å². The second-order valence-electron chi connectivity index (χ2n) is 6.33. The minimum absolute atomic E-state index is 0.0753. The first-order chi connectivity index (χ1) is 13.1. The Kier molecular flexibility index (Phi) is 4.36. The summed E-state index contributed by atoms with van der Waals surface area (Å²) < 4.78 is 5.67. The molecular formula is C18H18N4O5. The molecule has 1 saturated heterocycles. The molecule has 0 atom stereocenters. The molecule has 27 heavy (non-hydrogen) atoms. The minimum Gasteiger partial charge on any atom is -0.508 e. The summed E-state index contributed by atoms with van der Waals surface area (Å²) in [6, 6.07) is 4.75. The van der Waals surface area contributed by atoms with E-state index in [0.29, 0.717) is 42.0 Å². The Balaban J connectivity index is 1.57. The molecule has 0 spiro atoms. The van der Waals surface area contributed by atoms with Crippen molar-refractivity contribution in [2.45, 2.75) is 25.9 Å². The van der Waals surface area contributed by atoms with Crippen molar-refractivity contribution in [1.82, 2.24) is 14.9 Å². The van der Waals surface area contributed by atoms with Crippen LogP contribution in [-0.4, -0.2) is 50.0 Å². The molecule has 9 heteroatoms. The first-order valence-electron chi connectivity index (χ1n) is 8.67. The van der Waals surface area contributed by atoms with Gasteiger partial charge in [0.2, 0.25) is 17.5 Å². The molecule has 1 aromatic carbocycles. The first-order valence-corrected chi connectivity index (χ1v) is 8.67. The number of hydrogen-bond acceptors (Lipinski definition) is 8. The van der Waals surface area contributed by atoms with Crippen LogP contribution < -0.4 is 5.32 Å². The summed E-state index contributed by atoms with van der Waals surface area (Å²) >= 11 is 0. The lowest BCUT2D eigenvalue weighted by Gasteiger charge is -2.14. The van der Waals surface area contributed by atoms with E-state index >= 15 is 0 Å². The molecule has 0 aliphatic carbocycles. The summed E-state index contributed by atoms with van der Waals surface area (Å²) in [5.41, 5.74) is 0.771. The molecule has 2 amide bonds. The highest BCUT2D eigenvalue weighted by Crippen LogP contribution is 2.34. The number of amides is 2. The summed E-state index contributed by atoms with van der Waals surface area (Å²) in [4.78, 5) is 33.1. The number of phenols is 1. The fraction of sp³-hybridized carbons (Fsp3) is 0.333. The summed E-state index contributed by atoms with van der Waals surface area (Å²) in [5, 5.41) is 23.6. The normalized spacial score (nSPS) is 14.6. The predicted octanol–water partition coefficient (Wildman–Crippen LogP) is 1.52. The molecule has 1 aliphatic rings. The number of aromatic nitrogens is 2. The number of imide groups is 1. The fourth-order valence-electron chi connectivity index (χ4n) is 3.22. The van der Waals surface area contributed by atoms with Gasteiger partial charge < -0.3 is 19.9 Å². The van der Waals surface area contributed by atoms with E-state index in [2.05, 4.69) is 15.3 Å². The monoisotopic (exact) mass is 370 g/mol. The van der Waals surface area contributed by atoms with E-state index < -0.39 is 0 Å². The lowest BCUT2D eigenvalue weighted by molar-refractivity contribution is -0.138. The smallest absolute Gasteiger partial charge is 0.232 e. The number of benzene rings is 1. The van der Waals surface area contributed by atoms with Crippen molar-refractivity contribution >= 4 is 39.7 Å². The molecule has 0 bridgehead atoms. The third-order valence-corrected chi connectivity index (χ3v) is 4.51. The Morgan fingerprint density at radius 3 is 2.70 bits per heavy atom. The minimum atomic E-state index is -0.344. The number of carbonyl (C=O) groups is 2. The van der Waals surface area contributed by atoms with Gasteiger partial charge in [-0.2, -0.15) is 4.98 Å². The van der Waals surface area contributed by atoms with Gasteiger partial charge in [-0.15, -0.1) is 0 Å². The van der Waals surface area contributed by atoms with Crippen LogP contribution in [0.15, 0.2) is 22.6 Å². The lowest BCUT2D eigenvalue weighted by Crippen LogP contribution is -2.31. The lowest BCUT2D eigenvalue weighted by atomic mass is 10.2. The maximum Gasteiger partial charge on any atom is 0.232 e. The average molecular weight is 370 g/mol. The van der Waals surface area contributed by atoms with Gasteiger partial charge >= 0.3 is 0 Å². The number of furan rings is 1. The number of fused-ring (bicyclic) bond motifs is 3. The molecule has 3 heterocycles. The van der Waals surface area contributed by atoms with Crippen LogP contribution in [0.4, 0.5) is 5.82 Å². The van der Waals surface area contributed by atoms with Crippen molar-refractivity contribution in [3.05, 3.63) is 24.0 Å². The highest BCUT2D eigenvalue weighted by Gasteiger charge is 2.28. The van der Waals surface area contributed by atoms with Crippen LogP contribution in [0.3, 0.4) is 0 Å². The van der Waals surface area contributed by atoms with Gasteiger partial charge in [-0.1, -0.05) is 0 Å². The number of nitrogens with one attached hydrogen (secondary N) is 1. The summed E-state index contributed by atoms with van der Waals surface area (Å²) in [7, 11) is 0. The first kappa shape index (κ1) is 17.2. The molecule has 4 rings (SSSR count). The summed E-state index contributed by atoms with van der Waals surface area (Å²) in [6.45, 7) is 0.480. The van der Waals surface area contributed by atoms with Crippen molar-refractivity contribution in [2.75, 3.05) is 18.4 Å².